The molecule has 170 valence electrons. The second-order valence-electron chi connectivity index (χ2n) is 8.50. The molecular weight excluding hydrogens is 445 g/mol. The van der Waals surface area contributed by atoms with E-state index in [4.69, 9.17) is 16.3 Å². The smallest absolute Gasteiger partial charge is 0.277 e. The van der Waals surface area contributed by atoms with Crippen LogP contribution in [0, 0.1) is 19.7 Å². The molecule has 1 fully saturated rings. The highest BCUT2D eigenvalue weighted by Crippen LogP contribution is 2.38. The number of aryl methyl sites for hydroxylation is 2. The van der Waals surface area contributed by atoms with Crippen molar-refractivity contribution in [2.24, 2.45) is 7.05 Å². The van der Waals surface area contributed by atoms with Crippen LogP contribution >= 0.6 is 11.6 Å². The van der Waals surface area contributed by atoms with Crippen LogP contribution in [0.1, 0.15) is 47.4 Å². The van der Waals surface area contributed by atoms with Crippen LogP contribution < -0.4 is 5.56 Å². The lowest BCUT2D eigenvalue weighted by Crippen LogP contribution is -2.25. The molecule has 0 amide bonds. The third kappa shape index (κ3) is 3.94. The lowest BCUT2D eigenvalue weighted by molar-refractivity contribution is 0.00445. The standard InChI is InChI=1S/C24H23ClFN5O2/c1-13-14(2)28-23-19(18-5-4-17(25)9-20(18)26)10-21(29-31(23)24(13)32)15-6-7-33-22(8-15)16-11-27-30(3)12-16/h4-5,9-12,15,22H,6-8H2,1-3H3/t15-,22+/m0/s1. The van der Waals surface area contributed by atoms with E-state index in [-0.39, 0.29) is 17.6 Å². The summed E-state index contributed by atoms with van der Waals surface area (Å²) in [7, 11) is 1.87. The van der Waals surface area contributed by atoms with E-state index in [0.29, 0.717) is 51.8 Å². The van der Waals surface area contributed by atoms with Gasteiger partial charge in [0.1, 0.15) is 5.82 Å². The summed E-state index contributed by atoms with van der Waals surface area (Å²) in [5.74, 6) is -0.454. The van der Waals surface area contributed by atoms with E-state index in [0.717, 1.165) is 12.0 Å². The first-order chi connectivity index (χ1) is 15.8. The van der Waals surface area contributed by atoms with Gasteiger partial charge in [0, 0.05) is 58.7 Å². The summed E-state index contributed by atoms with van der Waals surface area (Å²) >= 11 is 5.98. The Kier molecular flexibility index (Phi) is 5.50. The van der Waals surface area contributed by atoms with Gasteiger partial charge >= 0.3 is 0 Å². The Bertz CT molecular complexity index is 1430. The number of hydrogen-bond donors (Lipinski definition) is 0. The van der Waals surface area contributed by atoms with Gasteiger partial charge < -0.3 is 4.74 Å². The summed E-state index contributed by atoms with van der Waals surface area (Å²) in [6.07, 6.45) is 5.04. The molecule has 0 bridgehead atoms. The Labute approximate surface area is 194 Å². The minimum absolute atomic E-state index is 0.0241. The number of halogens is 2. The van der Waals surface area contributed by atoms with Crippen molar-refractivity contribution in [3.05, 3.63) is 80.4 Å². The molecule has 4 aromatic rings. The molecule has 0 aliphatic carbocycles. The van der Waals surface area contributed by atoms with E-state index in [9.17, 15) is 9.18 Å². The van der Waals surface area contributed by atoms with Crippen LogP contribution in [0.4, 0.5) is 4.39 Å². The molecule has 5 rings (SSSR count). The van der Waals surface area contributed by atoms with E-state index < -0.39 is 5.82 Å². The Morgan fingerprint density at radius 2 is 2.03 bits per heavy atom. The number of rotatable bonds is 3. The van der Waals surface area contributed by atoms with Crippen molar-refractivity contribution in [3.63, 3.8) is 0 Å². The molecule has 7 nitrogen and oxygen atoms in total. The lowest BCUT2D eigenvalue weighted by atomic mass is 9.89. The van der Waals surface area contributed by atoms with E-state index in [1.165, 1.54) is 10.6 Å². The maximum atomic E-state index is 15.0. The fourth-order valence-corrected chi connectivity index (χ4v) is 4.49. The average molecular weight is 468 g/mol. The van der Waals surface area contributed by atoms with Crippen molar-refractivity contribution in [1.29, 1.82) is 0 Å². The molecule has 1 aliphatic rings. The first-order valence-corrected chi connectivity index (χ1v) is 11.2. The van der Waals surface area contributed by atoms with Crippen molar-refractivity contribution >= 4 is 17.2 Å². The monoisotopic (exact) mass is 467 g/mol. The number of aromatic nitrogens is 5. The minimum atomic E-state index is -0.478. The minimum Gasteiger partial charge on any atom is -0.373 e. The predicted octanol–water partition coefficient (Wildman–Crippen LogP) is 4.53. The summed E-state index contributed by atoms with van der Waals surface area (Å²) in [5.41, 5.74) is 3.71. The van der Waals surface area contributed by atoms with Crippen LogP contribution in [0.2, 0.25) is 5.02 Å². The number of fused-ring (bicyclic) bond motifs is 1. The summed E-state index contributed by atoms with van der Waals surface area (Å²) in [6, 6.07) is 6.35. The molecule has 0 radical (unpaired) electrons. The highest BCUT2D eigenvalue weighted by molar-refractivity contribution is 6.30. The van der Waals surface area contributed by atoms with Gasteiger partial charge in [-0.15, -0.1) is 0 Å². The zero-order valence-corrected chi connectivity index (χ0v) is 19.3. The largest absolute Gasteiger partial charge is 0.373 e. The second-order valence-corrected chi connectivity index (χ2v) is 8.93. The molecule has 4 heterocycles. The Hall–Kier alpha value is -3.10. The van der Waals surface area contributed by atoms with Gasteiger partial charge in [-0.25, -0.2) is 9.37 Å². The van der Waals surface area contributed by atoms with Crippen molar-refractivity contribution in [2.75, 3.05) is 6.61 Å². The Morgan fingerprint density at radius 3 is 2.76 bits per heavy atom. The fraction of sp³-hybridized carbons (Fsp3) is 0.333. The predicted molar refractivity (Wildman–Crippen MR) is 123 cm³/mol. The molecule has 33 heavy (non-hydrogen) atoms. The molecule has 1 aromatic carbocycles. The van der Waals surface area contributed by atoms with Crippen molar-refractivity contribution < 1.29 is 9.13 Å². The number of benzene rings is 1. The SMILES string of the molecule is Cc1nc2c(-c3ccc(Cl)cc3F)cc([C@H]3CCO[C@@H](c4cnn(C)c4)C3)nn2c(=O)c1C. The van der Waals surface area contributed by atoms with Crippen molar-refractivity contribution in [1.82, 2.24) is 24.4 Å². The van der Waals surface area contributed by atoms with Crippen LogP contribution in [0.15, 0.2) is 41.5 Å². The summed E-state index contributed by atoms with van der Waals surface area (Å²) in [4.78, 5) is 17.7. The Morgan fingerprint density at radius 1 is 1.21 bits per heavy atom. The molecule has 0 spiro atoms. The Balaban J connectivity index is 1.67. The van der Waals surface area contributed by atoms with E-state index in [1.54, 1.807) is 36.9 Å². The van der Waals surface area contributed by atoms with Gasteiger partial charge in [0.05, 0.1) is 18.0 Å². The molecule has 0 unspecified atom stereocenters. The van der Waals surface area contributed by atoms with Gasteiger partial charge in [-0.2, -0.15) is 14.7 Å². The van der Waals surface area contributed by atoms with Crippen LogP contribution in [0.3, 0.4) is 0 Å². The summed E-state index contributed by atoms with van der Waals surface area (Å²) in [6.45, 7) is 4.04. The van der Waals surface area contributed by atoms with E-state index in [1.807, 2.05) is 19.3 Å². The van der Waals surface area contributed by atoms with E-state index in [2.05, 4.69) is 15.2 Å². The zero-order valence-electron chi connectivity index (χ0n) is 18.5. The number of ether oxygens (including phenoxy) is 1. The third-order valence-electron chi connectivity index (χ3n) is 6.30. The number of hydrogen-bond acceptors (Lipinski definition) is 5. The third-order valence-corrected chi connectivity index (χ3v) is 6.53. The van der Waals surface area contributed by atoms with Gasteiger partial charge in [-0.1, -0.05) is 11.6 Å². The first-order valence-electron chi connectivity index (χ1n) is 10.8. The first kappa shape index (κ1) is 21.7. The van der Waals surface area contributed by atoms with E-state index >= 15 is 0 Å². The van der Waals surface area contributed by atoms with Gasteiger partial charge in [0.15, 0.2) is 5.65 Å². The van der Waals surface area contributed by atoms with Gasteiger partial charge in [0.2, 0.25) is 0 Å². The van der Waals surface area contributed by atoms with Crippen LogP contribution in [0.5, 0.6) is 0 Å². The fourth-order valence-electron chi connectivity index (χ4n) is 4.33. The van der Waals surface area contributed by atoms with Gasteiger partial charge in [-0.3, -0.25) is 9.48 Å². The molecule has 0 N–H and O–H groups in total. The second kappa shape index (κ2) is 8.35. The molecule has 1 saturated heterocycles. The van der Waals surface area contributed by atoms with Crippen LogP contribution in [-0.4, -0.2) is 31.0 Å². The molecule has 2 atom stereocenters. The van der Waals surface area contributed by atoms with Crippen LogP contribution in [-0.2, 0) is 11.8 Å². The molecule has 9 heteroatoms. The quantitative estimate of drug-likeness (QED) is 0.442. The zero-order chi connectivity index (χ0) is 23.3. The average Bonchev–Trinajstić information content (AvgIpc) is 3.24. The molecular formula is C24H23ClFN5O2. The van der Waals surface area contributed by atoms with Gasteiger partial charge in [0.25, 0.3) is 5.56 Å². The van der Waals surface area contributed by atoms with Crippen molar-refractivity contribution in [2.45, 2.75) is 38.7 Å². The van der Waals surface area contributed by atoms with Crippen molar-refractivity contribution in [3.8, 4) is 11.1 Å². The maximum Gasteiger partial charge on any atom is 0.277 e. The maximum absolute atomic E-state index is 15.0. The van der Waals surface area contributed by atoms with Crippen LogP contribution in [0.25, 0.3) is 16.8 Å². The summed E-state index contributed by atoms with van der Waals surface area (Å²) < 4.78 is 24.0. The highest BCUT2D eigenvalue weighted by Gasteiger charge is 2.28. The molecule has 0 saturated carbocycles. The molecule has 1 aliphatic heterocycles. The summed E-state index contributed by atoms with van der Waals surface area (Å²) in [5, 5.41) is 9.23. The highest BCUT2D eigenvalue weighted by atomic mass is 35.5. The normalized spacial score (nSPS) is 18.7. The lowest BCUT2D eigenvalue weighted by Gasteiger charge is -2.29. The molecule has 3 aromatic heterocycles. The topological polar surface area (TPSA) is 74.3 Å². The van der Waals surface area contributed by atoms with Gasteiger partial charge in [-0.05, 0) is 51.0 Å². The number of nitrogens with zero attached hydrogens (tertiary/aromatic N) is 5.